The molecule has 3 aromatic carbocycles. The molecule has 0 unspecified atom stereocenters. The molecule has 0 radical (unpaired) electrons. The minimum Gasteiger partial charge on any atom is -0.491 e. The third-order valence-electron chi connectivity index (χ3n) is 5.75. The van der Waals surface area contributed by atoms with Crippen LogP contribution >= 0.6 is 0 Å². The largest absolute Gasteiger partial charge is 0.491 e. The van der Waals surface area contributed by atoms with Crippen LogP contribution in [0.4, 0.5) is 22.0 Å². The number of aromatic nitrogens is 2. The Morgan fingerprint density at radius 2 is 1.49 bits per heavy atom. The maximum Gasteiger partial charge on any atom is 0.419 e. The summed E-state index contributed by atoms with van der Waals surface area (Å²) in [5.74, 6) is -0.389. The van der Waals surface area contributed by atoms with Crippen molar-refractivity contribution >= 4 is 10.8 Å². The highest BCUT2D eigenvalue weighted by Crippen LogP contribution is 2.32. The van der Waals surface area contributed by atoms with E-state index in [0.29, 0.717) is 47.5 Å². The summed E-state index contributed by atoms with van der Waals surface area (Å²) in [6.45, 7) is 2.44. The monoisotopic (exact) mass is 486 g/mol. The average Bonchev–Trinajstić information content (AvgIpc) is 2.82. The highest BCUT2D eigenvalue weighted by Gasteiger charge is 2.33. The van der Waals surface area contributed by atoms with Gasteiger partial charge in [-0.05, 0) is 60.4 Å². The maximum atomic E-state index is 15.1. The van der Waals surface area contributed by atoms with Gasteiger partial charge in [0, 0.05) is 11.8 Å². The zero-order chi connectivity index (χ0) is 25.0. The molecule has 0 bridgehead atoms. The van der Waals surface area contributed by atoms with Crippen molar-refractivity contribution < 1.29 is 26.7 Å². The van der Waals surface area contributed by atoms with Gasteiger partial charge in [-0.2, -0.15) is 13.2 Å². The molecule has 3 nitrogen and oxygen atoms in total. The molecule has 35 heavy (non-hydrogen) atoms. The van der Waals surface area contributed by atoms with E-state index in [1.807, 2.05) is 25.1 Å². The molecule has 0 N–H and O–H groups in total. The van der Waals surface area contributed by atoms with Gasteiger partial charge in [-0.1, -0.05) is 36.4 Å². The van der Waals surface area contributed by atoms with Crippen molar-refractivity contribution in [1.29, 1.82) is 0 Å². The van der Waals surface area contributed by atoms with Crippen LogP contribution in [0.1, 0.15) is 35.0 Å². The molecule has 0 atom stereocenters. The van der Waals surface area contributed by atoms with E-state index in [2.05, 4.69) is 9.97 Å². The highest BCUT2D eigenvalue weighted by atomic mass is 19.4. The molecule has 0 fully saturated rings. The van der Waals surface area contributed by atoms with Crippen molar-refractivity contribution in [3.63, 3.8) is 0 Å². The molecule has 4 rings (SSSR count). The molecular weight excluding hydrogens is 463 g/mol. The molecule has 0 amide bonds. The van der Waals surface area contributed by atoms with Crippen LogP contribution in [-0.2, 0) is 31.9 Å². The summed E-state index contributed by atoms with van der Waals surface area (Å²) in [5, 5.41) is 1.21. The second-order valence-electron chi connectivity index (χ2n) is 8.17. The first-order valence-corrected chi connectivity index (χ1v) is 11.2. The minimum atomic E-state index is -4.74. The van der Waals surface area contributed by atoms with Crippen LogP contribution in [0.25, 0.3) is 10.8 Å². The lowest BCUT2D eigenvalue weighted by Gasteiger charge is -2.11. The molecule has 8 heteroatoms. The summed E-state index contributed by atoms with van der Waals surface area (Å²) in [5.41, 5.74) is 0.514. The lowest BCUT2D eigenvalue weighted by Crippen LogP contribution is -2.08. The number of ether oxygens (including phenoxy) is 1. The van der Waals surface area contributed by atoms with Gasteiger partial charge in [-0.15, -0.1) is 0 Å². The fraction of sp³-hybridized carbons (Fsp3) is 0.259. The van der Waals surface area contributed by atoms with E-state index in [-0.39, 0.29) is 18.7 Å². The molecule has 0 spiro atoms. The van der Waals surface area contributed by atoms with E-state index in [0.717, 1.165) is 23.1 Å². The first-order chi connectivity index (χ1) is 16.7. The number of alkyl halides is 3. The van der Waals surface area contributed by atoms with Crippen molar-refractivity contribution in [3.05, 3.63) is 101 Å². The van der Waals surface area contributed by atoms with E-state index in [1.54, 1.807) is 24.5 Å². The Hall–Kier alpha value is -3.55. The van der Waals surface area contributed by atoms with Gasteiger partial charge in [0.1, 0.15) is 17.5 Å². The number of fused-ring (bicyclic) bond motifs is 1. The first kappa shape index (κ1) is 24.6. The van der Waals surface area contributed by atoms with Crippen LogP contribution in [0.5, 0.6) is 5.75 Å². The summed E-state index contributed by atoms with van der Waals surface area (Å²) in [7, 11) is 0. The summed E-state index contributed by atoms with van der Waals surface area (Å²) in [6, 6.07) is 11.8. The van der Waals surface area contributed by atoms with Gasteiger partial charge in [-0.25, -0.2) is 18.7 Å². The Morgan fingerprint density at radius 1 is 0.800 bits per heavy atom. The Balaban J connectivity index is 1.43. The van der Waals surface area contributed by atoms with Gasteiger partial charge in [0.25, 0.3) is 0 Å². The Morgan fingerprint density at radius 3 is 2.17 bits per heavy atom. The molecule has 4 aromatic rings. The normalized spacial score (nSPS) is 11.7. The predicted octanol–water partition coefficient (Wildman–Crippen LogP) is 6.90. The molecule has 0 saturated heterocycles. The molecule has 0 aliphatic carbocycles. The zero-order valence-corrected chi connectivity index (χ0v) is 19.0. The zero-order valence-electron chi connectivity index (χ0n) is 19.0. The second kappa shape index (κ2) is 10.4. The molecule has 1 aromatic heterocycles. The molecule has 0 aliphatic heterocycles. The Bertz CT molecular complexity index is 1320. The van der Waals surface area contributed by atoms with Gasteiger partial charge in [0.2, 0.25) is 0 Å². The maximum absolute atomic E-state index is 15.1. The van der Waals surface area contributed by atoms with Crippen molar-refractivity contribution in [3.8, 4) is 5.75 Å². The van der Waals surface area contributed by atoms with Crippen molar-refractivity contribution in [2.45, 2.75) is 38.8 Å². The lowest BCUT2D eigenvalue weighted by atomic mass is 9.97. The third kappa shape index (κ3) is 5.93. The van der Waals surface area contributed by atoms with E-state index in [4.69, 9.17) is 4.74 Å². The van der Waals surface area contributed by atoms with E-state index >= 15 is 4.39 Å². The summed E-state index contributed by atoms with van der Waals surface area (Å²) in [4.78, 5) is 8.59. The number of benzene rings is 3. The van der Waals surface area contributed by atoms with Crippen LogP contribution in [0, 0.1) is 11.6 Å². The molecule has 1 heterocycles. The number of rotatable bonds is 8. The smallest absolute Gasteiger partial charge is 0.419 e. The van der Waals surface area contributed by atoms with Gasteiger partial charge < -0.3 is 4.74 Å². The summed E-state index contributed by atoms with van der Waals surface area (Å²) in [6.07, 6.45) is 0.313. The Kier molecular flexibility index (Phi) is 7.28. The van der Waals surface area contributed by atoms with Gasteiger partial charge in [0.05, 0.1) is 24.6 Å². The van der Waals surface area contributed by atoms with Gasteiger partial charge >= 0.3 is 6.18 Å². The molecular formula is C27H23F5N2O. The molecule has 182 valence electrons. The number of halogens is 5. The second-order valence-corrected chi connectivity index (χ2v) is 8.17. The number of hydrogen-bond acceptors (Lipinski definition) is 3. The van der Waals surface area contributed by atoms with E-state index in [1.165, 1.54) is 6.07 Å². The van der Waals surface area contributed by atoms with Crippen molar-refractivity contribution in [1.82, 2.24) is 9.97 Å². The first-order valence-electron chi connectivity index (χ1n) is 11.2. The van der Waals surface area contributed by atoms with Crippen LogP contribution in [-0.4, -0.2) is 16.6 Å². The van der Waals surface area contributed by atoms with Gasteiger partial charge in [0.15, 0.2) is 5.75 Å². The standard InChI is InChI=1S/C27H23F5N2O/c1-2-35-21-15-33-25(34-16-21)12-6-17-4-10-22-20(13-17)9-8-19(26(22)29)7-3-18-5-11-23(24(28)14-18)27(30,31)32/h4-5,8-11,13-16H,2-3,6-7,12H2,1H3. The van der Waals surface area contributed by atoms with Crippen molar-refractivity contribution in [2.24, 2.45) is 0 Å². The third-order valence-corrected chi connectivity index (χ3v) is 5.75. The summed E-state index contributed by atoms with van der Waals surface area (Å²) < 4.78 is 72.5. The fourth-order valence-corrected chi connectivity index (χ4v) is 3.93. The number of aryl methyl sites for hydroxylation is 4. The predicted molar refractivity (Wildman–Crippen MR) is 123 cm³/mol. The van der Waals surface area contributed by atoms with E-state index < -0.39 is 17.6 Å². The minimum absolute atomic E-state index is 0.220. The van der Waals surface area contributed by atoms with Crippen LogP contribution in [0.3, 0.4) is 0 Å². The van der Waals surface area contributed by atoms with Crippen LogP contribution in [0.15, 0.2) is 60.9 Å². The topological polar surface area (TPSA) is 35.0 Å². The summed E-state index contributed by atoms with van der Waals surface area (Å²) >= 11 is 0. The number of hydrogen-bond donors (Lipinski definition) is 0. The molecule has 0 saturated carbocycles. The average molecular weight is 486 g/mol. The van der Waals surface area contributed by atoms with Crippen LogP contribution in [0.2, 0.25) is 0 Å². The molecule has 0 aliphatic rings. The van der Waals surface area contributed by atoms with Crippen molar-refractivity contribution in [2.75, 3.05) is 6.61 Å². The van der Waals surface area contributed by atoms with E-state index in [9.17, 15) is 17.6 Å². The Labute approximate surface area is 199 Å². The van der Waals surface area contributed by atoms with Crippen LogP contribution < -0.4 is 4.74 Å². The number of nitrogens with zero attached hydrogens (tertiary/aromatic N) is 2. The quantitative estimate of drug-likeness (QED) is 0.254. The van der Waals surface area contributed by atoms with Gasteiger partial charge in [-0.3, -0.25) is 0 Å². The SMILES string of the molecule is CCOc1cnc(CCc2ccc3c(F)c(CCc4ccc(C(F)(F)F)c(F)c4)ccc3c2)nc1. The highest BCUT2D eigenvalue weighted by molar-refractivity contribution is 5.84. The fourth-order valence-electron chi connectivity index (χ4n) is 3.93. The lowest BCUT2D eigenvalue weighted by molar-refractivity contribution is -0.140.